The number of aliphatic hydroxyl groups is 1. The zero-order chi connectivity index (χ0) is 18.0. The Morgan fingerprint density at radius 1 is 1.28 bits per heavy atom. The molecule has 5 nitrogen and oxygen atoms in total. The number of carbonyl (C=O) groups is 2. The first-order valence-corrected chi connectivity index (χ1v) is 8.11. The van der Waals surface area contributed by atoms with Gasteiger partial charge < -0.3 is 15.3 Å². The summed E-state index contributed by atoms with van der Waals surface area (Å²) in [6.07, 6.45) is -0.00324. The van der Waals surface area contributed by atoms with Gasteiger partial charge in [0, 0.05) is 25.2 Å². The van der Waals surface area contributed by atoms with Crippen LogP contribution < -0.4 is 10.2 Å². The highest BCUT2D eigenvalue weighted by Gasteiger charge is 2.51. The Morgan fingerprint density at radius 2 is 2.00 bits per heavy atom. The van der Waals surface area contributed by atoms with Crippen molar-refractivity contribution in [3.05, 3.63) is 64.9 Å². The van der Waals surface area contributed by atoms with Gasteiger partial charge in [-0.1, -0.05) is 35.9 Å². The smallest absolute Gasteiger partial charge is 0.268 e. The average molecular weight is 363 g/mol. The van der Waals surface area contributed by atoms with Crippen LogP contribution in [0, 0.1) is 5.82 Å². The molecule has 0 unspecified atom stereocenters. The van der Waals surface area contributed by atoms with Gasteiger partial charge in [0.15, 0.2) is 0 Å². The highest BCUT2D eigenvalue weighted by atomic mass is 35.5. The molecule has 1 heterocycles. The molecule has 2 aromatic carbocycles. The predicted octanol–water partition coefficient (Wildman–Crippen LogP) is 2.26. The molecule has 1 aliphatic rings. The number of rotatable bonds is 4. The Bertz CT molecular complexity index is 815. The minimum absolute atomic E-state index is 0.00324. The Morgan fingerprint density at radius 3 is 2.68 bits per heavy atom. The molecule has 0 spiro atoms. The third-order valence-corrected chi connectivity index (χ3v) is 4.47. The minimum Gasteiger partial charge on any atom is -0.372 e. The maximum atomic E-state index is 13.2. The van der Waals surface area contributed by atoms with E-state index in [-0.39, 0.29) is 24.5 Å². The Balaban J connectivity index is 1.69. The first-order chi connectivity index (χ1) is 11.9. The fraction of sp³-hybridized carbons (Fsp3) is 0.222. The van der Waals surface area contributed by atoms with Gasteiger partial charge in [-0.25, -0.2) is 4.39 Å². The molecular weight excluding hydrogens is 347 g/mol. The van der Waals surface area contributed by atoms with Crippen LogP contribution >= 0.6 is 11.6 Å². The van der Waals surface area contributed by atoms with Crippen molar-refractivity contribution in [2.45, 2.75) is 18.6 Å². The lowest BCUT2D eigenvalue weighted by Gasteiger charge is -2.21. The summed E-state index contributed by atoms with van der Waals surface area (Å²) in [6.45, 7) is 0.273. The topological polar surface area (TPSA) is 69.6 Å². The van der Waals surface area contributed by atoms with Gasteiger partial charge in [-0.05, 0) is 29.8 Å². The summed E-state index contributed by atoms with van der Waals surface area (Å²) < 4.78 is 13.2. The molecule has 1 saturated heterocycles. The van der Waals surface area contributed by atoms with E-state index in [9.17, 15) is 19.1 Å². The second kappa shape index (κ2) is 6.82. The van der Waals surface area contributed by atoms with E-state index in [0.717, 1.165) is 0 Å². The molecule has 0 saturated carbocycles. The van der Waals surface area contributed by atoms with Crippen molar-refractivity contribution in [2.24, 2.45) is 0 Å². The van der Waals surface area contributed by atoms with Crippen molar-refractivity contribution in [3.63, 3.8) is 0 Å². The molecule has 2 amide bonds. The molecule has 1 aliphatic heterocycles. The third-order valence-electron chi connectivity index (χ3n) is 4.18. The van der Waals surface area contributed by atoms with Crippen molar-refractivity contribution < 1.29 is 19.1 Å². The van der Waals surface area contributed by atoms with Crippen molar-refractivity contribution in [3.8, 4) is 0 Å². The number of carbonyl (C=O) groups excluding carboxylic acids is 2. The monoisotopic (exact) mass is 362 g/mol. The molecule has 1 atom stereocenters. The van der Waals surface area contributed by atoms with E-state index in [4.69, 9.17) is 11.6 Å². The van der Waals surface area contributed by atoms with E-state index in [0.29, 0.717) is 11.3 Å². The number of anilines is 1. The number of halogens is 2. The lowest BCUT2D eigenvalue weighted by atomic mass is 10.0. The van der Waals surface area contributed by atoms with Gasteiger partial charge in [0.25, 0.3) is 11.8 Å². The van der Waals surface area contributed by atoms with E-state index >= 15 is 0 Å². The molecule has 0 aromatic heterocycles. The molecule has 7 heteroatoms. The second-order valence-corrected chi connectivity index (χ2v) is 6.24. The van der Waals surface area contributed by atoms with Crippen molar-refractivity contribution in [1.29, 1.82) is 0 Å². The van der Waals surface area contributed by atoms with Crippen LogP contribution in [-0.2, 0) is 16.1 Å². The van der Waals surface area contributed by atoms with Crippen molar-refractivity contribution in [2.75, 3.05) is 11.4 Å². The average Bonchev–Trinajstić information content (AvgIpc) is 2.93. The highest BCUT2D eigenvalue weighted by Crippen LogP contribution is 2.28. The number of hydrogen-bond donors (Lipinski definition) is 2. The van der Waals surface area contributed by atoms with Gasteiger partial charge in [-0.15, -0.1) is 0 Å². The first kappa shape index (κ1) is 17.4. The summed E-state index contributed by atoms with van der Waals surface area (Å²) in [5.74, 6) is -2.00. The highest BCUT2D eigenvalue weighted by molar-refractivity contribution is 6.30. The first-order valence-electron chi connectivity index (χ1n) is 7.73. The molecule has 2 N–H and O–H groups in total. The lowest BCUT2D eigenvalue weighted by molar-refractivity contribution is -0.149. The van der Waals surface area contributed by atoms with Crippen LogP contribution in [0.2, 0.25) is 5.02 Å². The molecule has 3 rings (SSSR count). The summed E-state index contributed by atoms with van der Waals surface area (Å²) in [4.78, 5) is 26.3. The number of hydrogen-bond acceptors (Lipinski definition) is 3. The number of nitrogens with zero attached hydrogens (tertiary/aromatic N) is 1. The minimum atomic E-state index is -2.11. The van der Waals surface area contributed by atoms with Crippen LogP contribution in [-0.4, -0.2) is 29.1 Å². The second-order valence-electron chi connectivity index (χ2n) is 5.83. The maximum Gasteiger partial charge on any atom is 0.268 e. The number of para-hydroxylation sites is 1. The normalized spacial score (nSPS) is 20.0. The summed E-state index contributed by atoms with van der Waals surface area (Å²) in [6, 6.07) is 12.9. The third kappa shape index (κ3) is 3.36. The predicted molar refractivity (Wildman–Crippen MR) is 91.6 cm³/mol. The largest absolute Gasteiger partial charge is 0.372 e. The molecule has 2 aromatic rings. The standard InChI is InChI=1S/C18H16ClFN2O3/c19-14-10-12(6-7-15(14)20)11-21-16(23)18(25)8-9-22(17(18)24)13-4-2-1-3-5-13/h1-7,10,25H,8-9,11H2,(H,21,23)/t18-/m1/s1. The van der Waals surface area contributed by atoms with E-state index in [1.165, 1.54) is 23.1 Å². The lowest BCUT2D eigenvalue weighted by Crippen LogP contribution is -2.52. The van der Waals surface area contributed by atoms with E-state index in [2.05, 4.69) is 5.32 Å². The Labute approximate surface area is 149 Å². The number of nitrogens with one attached hydrogen (secondary N) is 1. The van der Waals surface area contributed by atoms with Crippen molar-refractivity contribution in [1.82, 2.24) is 5.32 Å². The molecule has 25 heavy (non-hydrogen) atoms. The van der Waals surface area contributed by atoms with Gasteiger partial charge in [0.1, 0.15) is 5.82 Å². The van der Waals surface area contributed by atoms with Crippen LogP contribution in [0.15, 0.2) is 48.5 Å². The maximum absolute atomic E-state index is 13.2. The van der Waals surface area contributed by atoms with Crippen LogP contribution in [0.4, 0.5) is 10.1 Å². The van der Waals surface area contributed by atoms with Gasteiger partial charge in [0.05, 0.1) is 5.02 Å². The molecule has 0 bridgehead atoms. The Kier molecular flexibility index (Phi) is 4.74. The number of benzene rings is 2. The fourth-order valence-corrected chi connectivity index (χ4v) is 2.95. The van der Waals surface area contributed by atoms with Crippen LogP contribution in [0.3, 0.4) is 0 Å². The zero-order valence-corrected chi connectivity index (χ0v) is 14.0. The summed E-state index contributed by atoms with van der Waals surface area (Å²) in [5.41, 5.74) is -0.921. The molecule has 1 fully saturated rings. The molecule has 130 valence electrons. The van der Waals surface area contributed by atoms with E-state index in [1.807, 2.05) is 6.07 Å². The summed E-state index contributed by atoms with van der Waals surface area (Å²) >= 11 is 5.70. The molecule has 0 radical (unpaired) electrons. The van der Waals surface area contributed by atoms with Gasteiger partial charge >= 0.3 is 0 Å². The quantitative estimate of drug-likeness (QED) is 0.820. The number of amides is 2. The van der Waals surface area contributed by atoms with Gasteiger partial charge in [-0.3, -0.25) is 9.59 Å². The van der Waals surface area contributed by atoms with Crippen molar-refractivity contribution >= 4 is 29.1 Å². The van der Waals surface area contributed by atoms with Gasteiger partial charge in [0.2, 0.25) is 5.60 Å². The van der Waals surface area contributed by atoms with E-state index in [1.54, 1.807) is 24.3 Å². The zero-order valence-electron chi connectivity index (χ0n) is 13.2. The van der Waals surface area contributed by atoms with Gasteiger partial charge in [-0.2, -0.15) is 0 Å². The van der Waals surface area contributed by atoms with E-state index < -0.39 is 23.2 Å². The SMILES string of the molecule is O=C(NCc1ccc(F)c(Cl)c1)[C@]1(O)CCN(c2ccccc2)C1=O. The summed E-state index contributed by atoms with van der Waals surface area (Å²) in [7, 11) is 0. The van der Waals surface area contributed by atoms with Crippen LogP contribution in [0.1, 0.15) is 12.0 Å². The fourth-order valence-electron chi connectivity index (χ4n) is 2.75. The summed E-state index contributed by atoms with van der Waals surface area (Å²) in [5, 5.41) is 13.0. The Hall–Kier alpha value is -2.44. The van der Waals surface area contributed by atoms with Crippen LogP contribution in [0.25, 0.3) is 0 Å². The molecular formula is C18H16ClFN2O3. The van der Waals surface area contributed by atoms with Crippen LogP contribution in [0.5, 0.6) is 0 Å². The molecule has 0 aliphatic carbocycles.